The molecular formula is C10H13NO4. The highest BCUT2D eigenvalue weighted by Crippen LogP contribution is 2.36. The minimum absolute atomic E-state index is 0.0580. The van der Waals surface area contributed by atoms with E-state index in [2.05, 4.69) is 23.2 Å². The van der Waals surface area contributed by atoms with Crippen LogP contribution in [0.5, 0.6) is 0 Å². The average molecular weight is 211 g/mol. The SMILES string of the molecule is C=CCOC(=O)NC1(C(=O)O)CC(=C)C1. The maximum Gasteiger partial charge on any atom is 0.408 e. The molecule has 0 saturated heterocycles. The highest BCUT2D eigenvalue weighted by molar-refractivity contribution is 5.87. The van der Waals surface area contributed by atoms with E-state index in [1.807, 2.05) is 0 Å². The first-order valence-corrected chi connectivity index (χ1v) is 4.46. The second-order valence-electron chi connectivity index (χ2n) is 3.50. The number of carbonyl (C=O) groups excluding carboxylic acids is 1. The quantitative estimate of drug-likeness (QED) is 0.682. The third kappa shape index (κ3) is 2.37. The average Bonchev–Trinajstić information content (AvgIpc) is 2.11. The number of hydrogen-bond acceptors (Lipinski definition) is 3. The number of amides is 1. The zero-order valence-corrected chi connectivity index (χ0v) is 8.28. The van der Waals surface area contributed by atoms with E-state index in [4.69, 9.17) is 5.11 Å². The van der Waals surface area contributed by atoms with Crippen LogP contribution in [0.2, 0.25) is 0 Å². The van der Waals surface area contributed by atoms with E-state index in [9.17, 15) is 9.59 Å². The Hall–Kier alpha value is -1.78. The first-order valence-electron chi connectivity index (χ1n) is 4.46. The molecule has 0 spiro atoms. The van der Waals surface area contributed by atoms with Crippen LogP contribution in [0.25, 0.3) is 0 Å². The lowest BCUT2D eigenvalue weighted by atomic mass is 9.73. The third-order valence-electron chi connectivity index (χ3n) is 2.19. The fraction of sp³-hybridized carbons (Fsp3) is 0.400. The van der Waals surface area contributed by atoms with Gasteiger partial charge in [0.05, 0.1) is 0 Å². The van der Waals surface area contributed by atoms with Crippen LogP contribution >= 0.6 is 0 Å². The molecular weight excluding hydrogens is 198 g/mol. The molecule has 0 aromatic heterocycles. The van der Waals surface area contributed by atoms with Crippen LogP contribution in [-0.4, -0.2) is 29.3 Å². The summed E-state index contributed by atoms with van der Waals surface area (Å²) in [5, 5.41) is 11.3. The fourth-order valence-corrected chi connectivity index (χ4v) is 1.46. The van der Waals surface area contributed by atoms with Gasteiger partial charge in [0, 0.05) is 12.8 Å². The van der Waals surface area contributed by atoms with Crippen molar-refractivity contribution in [3.8, 4) is 0 Å². The molecule has 82 valence electrons. The molecule has 5 nitrogen and oxygen atoms in total. The Morgan fingerprint density at radius 1 is 1.60 bits per heavy atom. The number of alkyl carbamates (subject to hydrolysis) is 1. The fourth-order valence-electron chi connectivity index (χ4n) is 1.46. The van der Waals surface area contributed by atoms with Crippen molar-refractivity contribution in [3.05, 3.63) is 24.8 Å². The van der Waals surface area contributed by atoms with Gasteiger partial charge in [-0.2, -0.15) is 0 Å². The molecule has 0 radical (unpaired) electrons. The van der Waals surface area contributed by atoms with Gasteiger partial charge in [-0.05, 0) is 0 Å². The van der Waals surface area contributed by atoms with Gasteiger partial charge in [0.25, 0.3) is 0 Å². The predicted octanol–water partition coefficient (Wildman–Crippen LogP) is 1.07. The molecule has 15 heavy (non-hydrogen) atoms. The molecule has 1 rings (SSSR count). The van der Waals surface area contributed by atoms with Gasteiger partial charge in [0.15, 0.2) is 0 Å². The van der Waals surface area contributed by atoms with E-state index in [-0.39, 0.29) is 19.4 Å². The highest BCUT2D eigenvalue weighted by atomic mass is 16.5. The standard InChI is InChI=1S/C10H13NO4/c1-3-4-15-9(14)11-10(8(12)13)5-7(2)6-10/h3H,1-2,4-6H2,(H,11,14)(H,12,13). The van der Waals surface area contributed by atoms with Crippen molar-refractivity contribution in [3.63, 3.8) is 0 Å². The number of carboxylic acid groups (broad SMARTS) is 1. The number of ether oxygens (including phenoxy) is 1. The molecule has 0 aliphatic heterocycles. The van der Waals surface area contributed by atoms with Crippen molar-refractivity contribution >= 4 is 12.1 Å². The summed E-state index contributed by atoms with van der Waals surface area (Å²) < 4.78 is 4.65. The van der Waals surface area contributed by atoms with Gasteiger partial charge >= 0.3 is 12.1 Å². The zero-order valence-electron chi connectivity index (χ0n) is 8.28. The van der Waals surface area contributed by atoms with Gasteiger partial charge in [-0.1, -0.05) is 24.8 Å². The van der Waals surface area contributed by atoms with Gasteiger partial charge in [-0.25, -0.2) is 9.59 Å². The molecule has 1 aliphatic carbocycles. The van der Waals surface area contributed by atoms with E-state index < -0.39 is 17.6 Å². The molecule has 1 saturated carbocycles. The van der Waals surface area contributed by atoms with E-state index in [0.717, 1.165) is 5.57 Å². The Morgan fingerprint density at radius 3 is 2.60 bits per heavy atom. The summed E-state index contributed by atoms with van der Waals surface area (Å²) in [5.41, 5.74) is -0.420. The number of rotatable bonds is 4. The minimum atomic E-state index is -1.23. The summed E-state index contributed by atoms with van der Waals surface area (Å²) in [7, 11) is 0. The van der Waals surface area contributed by atoms with Gasteiger partial charge in [-0.15, -0.1) is 0 Å². The Morgan fingerprint density at radius 2 is 2.20 bits per heavy atom. The van der Waals surface area contributed by atoms with E-state index >= 15 is 0 Å². The molecule has 1 fully saturated rings. The van der Waals surface area contributed by atoms with E-state index in [1.165, 1.54) is 6.08 Å². The molecule has 0 bridgehead atoms. The lowest BCUT2D eigenvalue weighted by Crippen LogP contribution is -2.60. The maximum absolute atomic E-state index is 11.1. The Kier molecular flexibility index (Phi) is 3.14. The first-order chi connectivity index (χ1) is 7.00. The van der Waals surface area contributed by atoms with Crippen molar-refractivity contribution in [2.75, 3.05) is 6.61 Å². The lowest BCUT2D eigenvalue weighted by Gasteiger charge is -2.39. The van der Waals surface area contributed by atoms with Crippen LogP contribution < -0.4 is 5.32 Å². The second kappa shape index (κ2) is 4.16. The Bertz CT molecular complexity index is 313. The molecule has 0 heterocycles. The highest BCUT2D eigenvalue weighted by Gasteiger charge is 2.48. The maximum atomic E-state index is 11.1. The molecule has 2 N–H and O–H groups in total. The number of carbonyl (C=O) groups is 2. The van der Waals surface area contributed by atoms with E-state index in [1.54, 1.807) is 0 Å². The summed E-state index contributed by atoms with van der Waals surface area (Å²) in [5.74, 6) is -1.06. The van der Waals surface area contributed by atoms with Crippen molar-refractivity contribution in [2.24, 2.45) is 0 Å². The first kappa shape index (κ1) is 11.3. The Labute approximate surface area is 87.4 Å². The van der Waals surface area contributed by atoms with Crippen molar-refractivity contribution < 1.29 is 19.4 Å². The molecule has 0 aromatic rings. The third-order valence-corrected chi connectivity index (χ3v) is 2.19. The number of aliphatic carboxylic acids is 1. The summed E-state index contributed by atoms with van der Waals surface area (Å²) in [6.45, 7) is 7.07. The molecule has 0 aromatic carbocycles. The molecule has 0 unspecified atom stereocenters. The van der Waals surface area contributed by atoms with Crippen LogP contribution in [0.3, 0.4) is 0 Å². The molecule has 5 heteroatoms. The van der Waals surface area contributed by atoms with Crippen LogP contribution in [0.4, 0.5) is 4.79 Å². The zero-order chi connectivity index (χ0) is 11.5. The van der Waals surface area contributed by atoms with Gasteiger partial charge in [-0.3, -0.25) is 0 Å². The summed E-state index contributed by atoms with van der Waals surface area (Å²) in [6, 6.07) is 0. The Balaban J connectivity index is 2.53. The van der Waals surface area contributed by atoms with Crippen molar-refractivity contribution in [1.29, 1.82) is 0 Å². The van der Waals surface area contributed by atoms with Crippen LogP contribution in [0, 0.1) is 0 Å². The molecule has 0 atom stereocenters. The monoisotopic (exact) mass is 211 g/mol. The smallest absolute Gasteiger partial charge is 0.408 e. The number of hydrogen-bond donors (Lipinski definition) is 2. The van der Waals surface area contributed by atoms with Crippen molar-refractivity contribution in [1.82, 2.24) is 5.32 Å². The van der Waals surface area contributed by atoms with Crippen LogP contribution in [0.15, 0.2) is 24.8 Å². The van der Waals surface area contributed by atoms with Gasteiger partial charge in [0.2, 0.25) is 0 Å². The lowest BCUT2D eigenvalue weighted by molar-refractivity contribution is -0.146. The van der Waals surface area contributed by atoms with Gasteiger partial charge < -0.3 is 15.2 Å². The summed E-state index contributed by atoms with van der Waals surface area (Å²) in [6.07, 6.45) is 1.17. The predicted molar refractivity (Wildman–Crippen MR) is 53.4 cm³/mol. The topological polar surface area (TPSA) is 75.6 Å². The van der Waals surface area contributed by atoms with Crippen LogP contribution in [0.1, 0.15) is 12.8 Å². The second-order valence-corrected chi connectivity index (χ2v) is 3.50. The summed E-state index contributed by atoms with van der Waals surface area (Å²) in [4.78, 5) is 22.1. The summed E-state index contributed by atoms with van der Waals surface area (Å²) >= 11 is 0. The normalized spacial score (nSPS) is 17.5. The largest absolute Gasteiger partial charge is 0.479 e. The minimum Gasteiger partial charge on any atom is -0.479 e. The molecule has 1 aliphatic rings. The van der Waals surface area contributed by atoms with Crippen LogP contribution in [-0.2, 0) is 9.53 Å². The van der Waals surface area contributed by atoms with E-state index in [0.29, 0.717) is 0 Å². The number of nitrogens with one attached hydrogen (secondary N) is 1. The number of carboxylic acids is 1. The molecule has 1 amide bonds. The van der Waals surface area contributed by atoms with Gasteiger partial charge in [0.1, 0.15) is 12.1 Å². The van der Waals surface area contributed by atoms with Crippen molar-refractivity contribution in [2.45, 2.75) is 18.4 Å².